The molecule has 0 bridgehead atoms. The molecule has 0 fully saturated rings. The molecular formula is C10H11NO6. The maximum atomic E-state index is 11.5. The highest BCUT2D eigenvalue weighted by molar-refractivity contribution is 5.97. The number of carbonyl (C=O) groups excluding carboxylic acids is 2. The van der Waals surface area contributed by atoms with Crippen molar-refractivity contribution < 1.29 is 28.6 Å². The quantitative estimate of drug-likeness (QED) is 0.704. The molecule has 0 saturated carbocycles. The summed E-state index contributed by atoms with van der Waals surface area (Å²) < 4.78 is 9.01. The Kier molecular flexibility index (Phi) is 4.27. The first-order chi connectivity index (χ1) is 8.04. The summed E-state index contributed by atoms with van der Waals surface area (Å²) in [7, 11) is 1.14. The van der Waals surface area contributed by atoms with E-state index in [4.69, 9.17) is 5.11 Å². The Morgan fingerprint density at radius 1 is 1.53 bits per heavy atom. The number of carboxylic acids is 1. The van der Waals surface area contributed by atoms with E-state index in [1.807, 2.05) is 0 Å². The molecule has 92 valence electrons. The van der Waals surface area contributed by atoms with Crippen LogP contribution in [0.5, 0.6) is 0 Å². The average Bonchev–Trinajstić information content (AvgIpc) is 2.81. The molecule has 2 N–H and O–H groups in total. The molecule has 1 aromatic heterocycles. The summed E-state index contributed by atoms with van der Waals surface area (Å²) in [6.07, 6.45) is 2.02. The van der Waals surface area contributed by atoms with Crippen LogP contribution in [0.4, 0.5) is 0 Å². The fourth-order valence-electron chi connectivity index (χ4n) is 1.09. The van der Waals surface area contributed by atoms with E-state index in [1.54, 1.807) is 0 Å². The van der Waals surface area contributed by atoms with Crippen LogP contribution in [0.15, 0.2) is 23.0 Å². The molecule has 7 nitrogen and oxygen atoms in total. The molecule has 0 unspecified atom stereocenters. The summed E-state index contributed by atoms with van der Waals surface area (Å²) in [6, 6.07) is 0.0525. The zero-order valence-corrected chi connectivity index (χ0v) is 9.00. The van der Waals surface area contributed by atoms with E-state index < -0.39 is 30.3 Å². The smallest absolute Gasteiger partial charge is 0.326 e. The van der Waals surface area contributed by atoms with E-state index in [9.17, 15) is 14.4 Å². The van der Waals surface area contributed by atoms with Gasteiger partial charge in [-0.3, -0.25) is 9.59 Å². The zero-order chi connectivity index (χ0) is 12.8. The van der Waals surface area contributed by atoms with Crippen molar-refractivity contribution in [3.63, 3.8) is 0 Å². The Bertz CT molecular complexity index is 410. The lowest BCUT2D eigenvalue weighted by Crippen LogP contribution is -2.42. The fraction of sp³-hybridized carbons (Fsp3) is 0.300. The molecule has 0 aliphatic rings. The van der Waals surface area contributed by atoms with Gasteiger partial charge in [0.2, 0.25) is 0 Å². The molecule has 1 heterocycles. The molecular weight excluding hydrogens is 230 g/mol. The highest BCUT2D eigenvalue weighted by atomic mass is 16.5. The minimum atomic E-state index is -1.33. The van der Waals surface area contributed by atoms with Gasteiger partial charge in [-0.15, -0.1) is 0 Å². The van der Waals surface area contributed by atoms with Gasteiger partial charge in [-0.2, -0.15) is 0 Å². The van der Waals surface area contributed by atoms with Crippen molar-refractivity contribution in [2.45, 2.75) is 12.5 Å². The van der Waals surface area contributed by atoms with E-state index in [0.717, 1.165) is 7.11 Å². The van der Waals surface area contributed by atoms with Crippen LogP contribution < -0.4 is 5.32 Å². The second-order valence-electron chi connectivity index (χ2n) is 3.16. The van der Waals surface area contributed by atoms with Crippen molar-refractivity contribution in [2.24, 2.45) is 0 Å². The maximum Gasteiger partial charge on any atom is 0.326 e. The SMILES string of the molecule is COC(=O)C[C@H](NC(=O)c1ccoc1)C(=O)O. The standard InChI is InChI=1S/C10H11NO6/c1-16-8(12)4-7(10(14)15)11-9(13)6-2-3-17-5-6/h2-3,5,7H,4H2,1H3,(H,11,13)(H,14,15)/t7-/m0/s1. The molecule has 0 spiro atoms. The number of carbonyl (C=O) groups is 3. The van der Waals surface area contributed by atoms with Crippen molar-refractivity contribution in [3.05, 3.63) is 24.2 Å². The molecule has 1 aromatic rings. The molecule has 0 saturated heterocycles. The van der Waals surface area contributed by atoms with E-state index in [-0.39, 0.29) is 5.56 Å². The van der Waals surface area contributed by atoms with Crippen molar-refractivity contribution in [2.75, 3.05) is 7.11 Å². The van der Waals surface area contributed by atoms with E-state index in [2.05, 4.69) is 14.5 Å². The van der Waals surface area contributed by atoms with E-state index >= 15 is 0 Å². The number of rotatable bonds is 5. The van der Waals surface area contributed by atoms with E-state index in [1.165, 1.54) is 18.6 Å². The molecule has 1 atom stereocenters. The first-order valence-electron chi connectivity index (χ1n) is 4.67. The van der Waals surface area contributed by atoms with Crippen LogP contribution in [0.25, 0.3) is 0 Å². The number of nitrogens with one attached hydrogen (secondary N) is 1. The predicted octanol–water partition coefficient (Wildman–Crippen LogP) is 0.0257. The molecule has 17 heavy (non-hydrogen) atoms. The van der Waals surface area contributed by atoms with Gasteiger partial charge in [0, 0.05) is 0 Å². The summed E-state index contributed by atoms with van der Waals surface area (Å²) in [4.78, 5) is 33.3. The summed E-state index contributed by atoms with van der Waals surface area (Å²) in [6.45, 7) is 0. The van der Waals surface area contributed by atoms with Crippen molar-refractivity contribution in [3.8, 4) is 0 Å². The Labute approximate surface area is 96.4 Å². The molecule has 0 aliphatic heterocycles. The lowest BCUT2D eigenvalue weighted by Gasteiger charge is -2.12. The fourth-order valence-corrected chi connectivity index (χ4v) is 1.09. The van der Waals surface area contributed by atoms with Gasteiger partial charge in [-0.1, -0.05) is 0 Å². The van der Waals surface area contributed by atoms with Gasteiger partial charge < -0.3 is 19.6 Å². The minimum absolute atomic E-state index is 0.182. The van der Waals surface area contributed by atoms with Gasteiger partial charge in [-0.25, -0.2) is 4.79 Å². The zero-order valence-electron chi connectivity index (χ0n) is 9.00. The number of hydrogen-bond donors (Lipinski definition) is 2. The number of ether oxygens (including phenoxy) is 1. The van der Waals surface area contributed by atoms with Crippen LogP contribution in [-0.2, 0) is 14.3 Å². The molecule has 7 heteroatoms. The molecule has 0 aliphatic carbocycles. The van der Waals surface area contributed by atoms with Crippen LogP contribution in [0.3, 0.4) is 0 Å². The first kappa shape index (κ1) is 12.8. The van der Waals surface area contributed by atoms with E-state index in [0.29, 0.717) is 0 Å². The third-order valence-corrected chi connectivity index (χ3v) is 1.99. The number of amides is 1. The van der Waals surface area contributed by atoms with Crippen LogP contribution in [0.2, 0.25) is 0 Å². The van der Waals surface area contributed by atoms with Crippen molar-refractivity contribution >= 4 is 17.8 Å². The number of furan rings is 1. The molecule has 1 rings (SSSR count). The van der Waals surface area contributed by atoms with Gasteiger partial charge in [-0.05, 0) is 6.07 Å². The Morgan fingerprint density at radius 2 is 2.24 bits per heavy atom. The lowest BCUT2D eigenvalue weighted by atomic mass is 10.2. The van der Waals surface area contributed by atoms with Gasteiger partial charge in [0.05, 0.1) is 25.4 Å². The topological polar surface area (TPSA) is 106 Å². The summed E-state index contributed by atoms with van der Waals surface area (Å²) >= 11 is 0. The minimum Gasteiger partial charge on any atom is -0.480 e. The third-order valence-electron chi connectivity index (χ3n) is 1.99. The Balaban J connectivity index is 2.64. The maximum absolute atomic E-state index is 11.5. The number of carboxylic acid groups (broad SMARTS) is 1. The van der Waals surface area contributed by atoms with Gasteiger partial charge >= 0.3 is 11.9 Å². The highest BCUT2D eigenvalue weighted by Gasteiger charge is 2.24. The van der Waals surface area contributed by atoms with Crippen molar-refractivity contribution in [1.29, 1.82) is 0 Å². The monoisotopic (exact) mass is 241 g/mol. The van der Waals surface area contributed by atoms with Crippen molar-refractivity contribution in [1.82, 2.24) is 5.32 Å². The second-order valence-corrected chi connectivity index (χ2v) is 3.16. The predicted molar refractivity (Wildman–Crippen MR) is 54.2 cm³/mol. The van der Waals surface area contributed by atoms with Gasteiger partial charge in [0.25, 0.3) is 5.91 Å². The summed E-state index contributed by atoms with van der Waals surface area (Å²) in [5.41, 5.74) is 0.182. The summed E-state index contributed by atoms with van der Waals surface area (Å²) in [5, 5.41) is 11.0. The highest BCUT2D eigenvalue weighted by Crippen LogP contribution is 2.02. The number of esters is 1. The molecule has 1 amide bonds. The van der Waals surface area contributed by atoms with Gasteiger partial charge in [0.15, 0.2) is 0 Å². The van der Waals surface area contributed by atoms with Crippen LogP contribution in [0, 0.1) is 0 Å². The van der Waals surface area contributed by atoms with Crippen LogP contribution >= 0.6 is 0 Å². The largest absolute Gasteiger partial charge is 0.480 e. The molecule has 0 aromatic carbocycles. The first-order valence-corrected chi connectivity index (χ1v) is 4.67. The number of hydrogen-bond acceptors (Lipinski definition) is 5. The van der Waals surface area contributed by atoms with Gasteiger partial charge in [0.1, 0.15) is 12.3 Å². The Hall–Kier alpha value is -2.31. The van der Waals surface area contributed by atoms with Crippen LogP contribution in [0.1, 0.15) is 16.8 Å². The number of aliphatic carboxylic acids is 1. The second kappa shape index (κ2) is 5.69. The average molecular weight is 241 g/mol. The third kappa shape index (κ3) is 3.63. The number of methoxy groups -OCH3 is 1. The molecule has 0 radical (unpaired) electrons. The lowest BCUT2D eigenvalue weighted by molar-refractivity contribution is -0.147. The van der Waals surface area contributed by atoms with Crippen LogP contribution in [-0.4, -0.2) is 36.1 Å². The normalized spacial score (nSPS) is 11.6. The Morgan fingerprint density at radius 3 is 2.71 bits per heavy atom. The summed E-state index contributed by atoms with van der Waals surface area (Å²) in [5.74, 6) is -2.66.